The molecular weight excluding hydrogens is 452 g/mol. The number of nitrogens with zero attached hydrogens (tertiary/aromatic N) is 1. The van der Waals surface area contributed by atoms with E-state index in [1.165, 1.54) is 6.92 Å². The first-order valence-corrected chi connectivity index (χ1v) is 11.9. The lowest BCUT2D eigenvalue weighted by Gasteiger charge is -2.33. The molecule has 2 unspecified atom stereocenters. The number of carbonyl (C=O) groups excluding carboxylic acids is 4. The minimum atomic E-state index is -0.586. The molecule has 3 N–H and O–H groups in total. The SMILES string of the molecule is COc1ccc(C(CC(=O)N2CCCC(C(=O)NCCNC(=O)OC(C)(C)C)C2)NC(C)=O)cc1. The third-order valence-electron chi connectivity index (χ3n) is 5.51. The van der Waals surface area contributed by atoms with Crippen LogP contribution in [0.2, 0.25) is 0 Å². The van der Waals surface area contributed by atoms with Crippen LogP contribution in [0.25, 0.3) is 0 Å². The summed E-state index contributed by atoms with van der Waals surface area (Å²) in [7, 11) is 1.57. The van der Waals surface area contributed by atoms with E-state index < -0.39 is 17.7 Å². The Kier molecular flexibility index (Phi) is 10.4. The van der Waals surface area contributed by atoms with Crippen LogP contribution in [0.5, 0.6) is 5.75 Å². The van der Waals surface area contributed by atoms with Gasteiger partial charge in [0.1, 0.15) is 11.4 Å². The molecule has 0 aliphatic carbocycles. The van der Waals surface area contributed by atoms with Gasteiger partial charge in [-0.3, -0.25) is 14.4 Å². The van der Waals surface area contributed by atoms with Crippen molar-refractivity contribution in [3.05, 3.63) is 29.8 Å². The molecule has 35 heavy (non-hydrogen) atoms. The summed E-state index contributed by atoms with van der Waals surface area (Å²) in [5.41, 5.74) is 0.218. The van der Waals surface area contributed by atoms with Gasteiger partial charge in [0.25, 0.3) is 0 Å². The average molecular weight is 491 g/mol. The molecule has 194 valence electrons. The number of ether oxygens (including phenoxy) is 2. The fourth-order valence-electron chi connectivity index (χ4n) is 3.86. The lowest BCUT2D eigenvalue weighted by atomic mass is 9.95. The largest absolute Gasteiger partial charge is 0.497 e. The summed E-state index contributed by atoms with van der Waals surface area (Å²) in [5.74, 6) is -0.137. The summed E-state index contributed by atoms with van der Waals surface area (Å²) in [4.78, 5) is 50.8. The smallest absolute Gasteiger partial charge is 0.407 e. The van der Waals surface area contributed by atoms with Gasteiger partial charge in [0.05, 0.1) is 25.5 Å². The number of carbonyl (C=O) groups is 4. The van der Waals surface area contributed by atoms with Crippen LogP contribution in [-0.2, 0) is 19.1 Å². The second kappa shape index (κ2) is 13.0. The highest BCUT2D eigenvalue weighted by Gasteiger charge is 2.30. The maximum atomic E-state index is 13.1. The first-order valence-electron chi connectivity index (χ1n) is 11.9. The van der Waals surface area contributed by atoms with Crippen LogP contribution >= 0.6 is 0 Å². The minimum Gasteiger partial charge on any atom is -0.497 e. The van der Waals surface area contributed by atoms with Crippen molar-refractivity contribution in [1.82, 2.24) is 20.9 Å². The summed E-state index contributed by atoms with van der Waals surface area (Å²) < 4.78 is 10.3. The molecule has 0 saturated carbocycles. The van der Waals surface area contributed by atoms with E-state index in [1.807, 2.05) is 12.1 Å². The maximum absolute atomic E-state index is 13.1. The van der Waals surface area contributed by atoms with Crippen molar-refractivity contribution in [2.24, 2.45) is 5.92 Å². The molecule has 1 fully saturated rings. The zero-order valence-electron chi connectivity index (χ0n) is 21.3. The molecule has 1 heterocycles. The molecule has 10 heteroatoms. The molecule has 0 radical (unpaired) electrons. The quantitative estimate of drug-likeness (QED) is 0.456. The highest BCUT2D eigenvalue weighted by atomic mass is 16.6. The Balaban J connectivity index is 1.87. The Morgan fingerprint density at radius 1 is 1.09 bits per heavy atom. The van der Waals surface area contributed by atoms with Crippen LogP contribution in [-0.4, -0.2) is 67.6 Å². The zero-order valence-corrected chi connectivity index (χ0v) is 21.3. The molecule has 2 rings (SSSR count). The third-order valence-corrected chi connectivity index (χ3v) is 5.51. The van der Waals surface area contributed by atoms with Crippen LogP contribution in [0.4, 0.5) is 4.79 Å². The third kappa shape index (κ3) is 9.84. The van der Waals surface area contributed by atoms with Gasteiger partial charge in [-0.05, 0) is 51.3 Å². The van der Waals surface area contributed by atoms with Crippen molar-refractivity contribution in [1.29, 1.82) is 0 Å². The van der Waals surface area contributed by atoms with Crippen LogP contribution in [0.3, 0.4) is 0 Å². The molecule has 1 aliphatic rings. The van der Waals surface area contributed by atoms with E-state index >= 15 is 0 Å². The first kappa shape index (κ1) is 27.9. The van der Waals surface area contributed by atoms with Crippen molar-refractivity contribution in [3.63, 3.8) is 0 Å². The van der Waals surface area contributed by atoms with Gasteiger partial charge >= 0.3 is 6.09 Å². The number of hydrogen-bond donors (Lipinski definition) is 3. The maximum Gasteiger partial charge on any atom is 0.407 e. The topological polar surface area (TPSA) is 126 Å². The van der Waals surface area contributed by atoms with Gasteiger partial charge in [-0.25, -0.2) is 4.79 Å². The number of rotatable bonds is 9. The molecule has 1 aliphatic heterocycles. The molecular formula is C25H38N4O6. The monoisotopic (exact) mass is 490 g/mol. The predicted octanol–water partition coefficient (Wildman–Crippen LogP) is 2.14. The number of piperidine rings is 1. The van der Waals surface area contributed by atoms with E-state index in [9.17, 15) is 19.2 Å². The number of methoxy groups -OCH3 is 1. The van der Waals surface area contributed by atoms with E-state index in [-0.39, 0.29) is 43.1 Å². The molecule has 0 aromatic heterocycles. The van der Waals surface area contributed by atoms with Gasteiger partial charge in [0.15, 0.2) is 0 Å². The molecule has 1 saturated heterocycles. The van der Waals surface area contributed by atoms with Gasteiger partial charge in [-0.15, -0.1) is 0 Å². The summed E-state index contributed by atoms with van der Waals surface area (Å²) >= 11 is 0. The molecule has 1 aromatic carbocycles. The number of alkyl carbamates (subject to hydrolysis) is 1. The van der Waals surface area contributed by atoms with Crippen LogP contribution in [0, 0.1) is 5.92 Å². The summed E-state index contributed by atoms with van der Waals surface area (Å²) in [6, 6.07) is 6.75. The number of likely N-dealkylation sites (tertiary alicyclic amines) is 1. The van der Waals surface area contributed by atoms with Gasteiger partial charge in [0.2, 0.25) is 17.7 Å². The Morgan fingerprint density at radius 2 is 1.74 bits per heavy atom. The Labute approximate surface area is 207 Å². The van der Waals surface area contributed by atoms with Gasteiger partial charge in [-0.2, -0.15) is 0 Å². The molecule has 0 bridgehead atoms. The zero-order chi connectivity index (χ0) is 26.0. The fraction of sp³-hybridized carbons (Fsp3) is 0.600. The lowest BCUT2D eigenvalue weighted by molar-refractivity contribution is -0.136. The lowest BCUT2D eigenvalue weighted by Crippen LogP contribution is -2.47. The van der Waals surface area contributed by atoms with E-state index in [1.54, 1.807) is 44.9 Å². The second-order valence-electron chi connectivity index (χ2n) is 9.63. The number of benzene rings is 1. The minimum absolute atomic E-state index is 0.0973. The normalized spacial score (nSPS) is 16.6. The van der Waals surface area contributed by atoms with Crippen molar-refractivity contribution in [3.8, 4) is 5.75 Å². The average Bonchev–Trinajstić information content (AvgIpc) is 2.80. The van der Waals surface area contributed by atoms with Crippen LogP contribution in [0.1, 0.15) is 58.6 Å². The molecule has 4 amide bonds. The molecule has 1 aromatic rings. The number of nitrogens with one attached hydrogen (secondary N) is 3. The predicted molar refractivity (Wildman–Crippen MR) is 131 cm³/mol. The molecule has 10 nitrogen and oxygen atoms in total. The number of hydrogen-bond acceptors (Lipinski definition) is 6. The summed E-state index contributed by atoms with van der Waals surface area (Å²) in [6.45, 7) is 8.15. The number of amides is 4. The summed E-state index contributed by atoms with van der Waals surface area (Å²) in [5, 5.41) is 8.26. The van der Waals surface area contributed by atoms with Crippen molar-refractivity contribution in [2.45, 2.75) is 58.6 Å². The fourth-order valence-corrected chi connectivity index (χ4v) is 3.86. The highest BCUT2D eigenvalue weighted by molar-refractivity contribution is 5.82. The van der Waals surface area contributed by atoms with E-state index in [2.05, 4.69) is 16.0 Å². The van der Waals surface area contributed by atoms with Crippen LogP contribution in [0.15, 0.2) is 24.3 Å². The Bertz CT molecular complexity index is 881. The van der Waals surface area contributed by atoms with Crippen molar-refractivity contribution < 1.29 is 28.7 Å². The van der Waals surface area contributed by atoms with Crippen molar-refractivity contribution in [2.75, 3.05) is 33.3 Å². The van der Waals surface area contributed by atoms with Gasteiger partial charge in [0, 0.05) is 33.1 Å². The Hall–Kier alpha value is -3.30. The standard InChI is InChI=1S/C25H38N4O6/c1-17(30)28-21(18-8-10-20(34-5)11-9-18)15-22(31)29-14-6-7-19(16-29)23(32)26-12-13-27-24(33)35-25(2,3)4/h8-11,19,21H,6-7,12-16H2,1-5H3,(H,26,32)(H,27,33)(H,28,30). The molecule has 2 atom stereocenters. The molecule has 0 spiro atoms. The van der Waals surface area contributed by atoms with E-state index in [4.69, 9.17) is 9.47 Å². The summed E-state index contributed by atoms with van der Waals surface area (Å²) in [6.07, 6.45) is 0.961. The van der Waals surface area contributed by atoms with E-state index in [0.717, 1.165) is 5.56 Å². The van der Waals surface area contributed by atoms with Crippen molar-refractivity contribution >= 4 is 23.8 Å². The first-order chi connectivity index (χ1) is 16.5. The van der Waals surface area contributed by atoms with Crippen LogP contribution < -0.4 is 20.7 Å². The second-order valence-corrected chi connectivity index (χ2v) is 9.63. The van der Waals surface area contributed by atoms with Gasteiger partial charge in [-0.1, -0.05) is 12.1 Å². The highest BCUT2D eigenvalue weighted by Crippen LogP contribution is 2.23. The van der Waals surface area contributed by atoms with Gasteiger partial charge < -0.3 is 30.3 Å². The van der Waals surface area contributed by atoms with E-state index in [0.29, 0.717) is 31.7 Å². The Morgan fingerprint density at radius 3 is 2.34 bits per heavy atom.